The Bertz CT molecular complexity index is 1010. The third-order valence-corrected chi connectivity index (χ3v) is 4.52. The number of benzene rings is 2. The molecule has 0 aliphatic rings. The number of nitrogens with zero attached hydrogens (tertiary/aromatic N) is 1. The average Bonchev–Trinajstić information content (AvgIpc) is 2.71. The summed E-state index contributed by atoms with van der Waals surface area (Å²) in [6, 6.07) is 12.5. The highest BCUT2D eigenvalue weighted by molar-refractivity contribution is 6.31. The predicted molar refractivity (Wildman–Crippen MR) is 111 cm³/mol. The monoisotopic (exact) mass is 397 g/mol. The van der Waals surface area contributed by atoms with Crippen molar-refractivity contribution in [2.75, 3.05) is 24.9 Å². The largest absolute Gasteiger partial charge is 0.495 e. The van der Waals surface area contributed by atoms with Gasteiger partial charge in [-0.05, 0) is 36.8 Å². The van der Waals surface area contributed by atoms with Crippen molar-refractivity contribution in [1.29, 1.82) is 0 Å². The van der Waals surface area contributed by atoms with E-state index in [4.69, 9.17) is 21.1 Å². The number of hydrogen-bond donors (Lipinski definition) is 2. The Morgan fingerprint density at radius 2 is 1.75 bits per heavy atom. The smallest absolute Gasteiger partial charge is 0.257 e. The van der Waals surface area contributed by atoms with E-state index in [0.717, 1.165) is 11.3 Å². The number of rotatable bonds is 6. The third-order valence-electron chi connectivity index (χ3n) is 4.12. The van der Waals surface area contributed by atoms with Gasteiger partial charge >= 0.3 is 0 Å². The van der Waals surface area contributed by atoms with E-state index >= 15 is 0 Å². The zero-order valence-corrected chi connectivity index (χ0v) is 16.5. The number of amides is 1. The van der Waals surface area contributed by atoms with Crippen LogP contribution in [0.4, 0.5) is 17.1 Å². The summed E-state index contributed by atoms with van der Waals surface area (Å²) in [5.74, 6) is 0.888. The van der Waals surface area contributed by atoms with Crippen LogP contribution < -0.4 is 20.1 Å². The standard InChI is InChI=1S/C21H20ClN3O3/c1-13-8-18(20(28-3)10-16(13)22)24-15-9-14(11-23-12-15)21(26)25-17-6-4-5-7-19(17)27-2/h4-12,24H,1-3H3,(H,25,26). The molecule has 1 aromatic heterocycles. The second kappa shape index (κ2) is 8.63. The van der Waals surface area contributed by atoms with Crippen LogP contribution >= 0.6 is 11.6 Å². The number of aryl methyl sites for hydroxylation is 1. The molecule has 144 valence electrons. The van der Waals surface area contributed by atoms with Crippen LogP contribution in [0.25, 0.3) is 0 Å². The minimum Gasteiger partial charge on any atom is -0.495 e. The maximum atomic E-state index is 12.6. The first-order chi connectivity index (χ1) is 13.5. The van der Waals surface area contributed by atoms with E-state index in [9.17, 15) is 4.79 Å². The Morgan fingerprint density at radius 3 is 2.50 bits per heavy atom. The van der Waals surface area contributed by atoms with Crippen LogP contribution in [0.3, 0.4) is 0 Å². The highest BCUT2D eigenvalue weighted by Crippen LogP contribution is 2.33. The molecule has 0 atom stereocenters. The van der Waals surface area contributed by atoms with Gasteiger partial charge < -0.3 is 20.1 Å². The highest BCUT2D eigenvalue weighted by atomic mass is 35.5. The molecule has 0 spiro atoms. The van der Waals surface area contributed by atoms with Crippen LogP contribution in [0.1, 0.15) is 15.9 Å². The Kier molecular flexibility index (Phi) is 6.01. The van der Waals surface area contributed by atoms with Gasteiger partial charge in [-0.1, -0.05) is 23.7 Å². The van der Waals surface area contributed by atoms with Crippen molar-refractivity contribution in [3.8, 4) is 11.5 Å². The number of aromatic nitrogens is 1. The van der Waals surface area contributed by atoms with Crippen LogP contribution in [0.2, 0.25) is 5.02 Å². The van der Waals surface area contributed by atoms with E-state index in [1.165, 1.54) is 6.20 Å². The second-order valence-electron chi connectivity index (χ2n) is 6.04. The van der Waals surface area contributed by atoms with Crippen molar-refractivity contribution >= 4 is 34.6 Å². The molecule has 3 aromatic rings. The van der Waals surface area contributed by atoms with Gasteiger partial charge in [0.1, 0.15) is 11.5 Å². The molecule has 2 N–H and O–H groups in total. The summed E-state index contributed by atoms with van der Waals surface area (Å²) in [4.78, 5) is 16.8. The fourth-order valence-electron chi connectivity index (χ4n) is 2.66. The Labute approximate surface area is 168 Å². The van der Waals surface area contributed by atoms with Gasteiger partial charge in [0.05, 0.1) is 43.0 Å². The number of anilines is 3. The number of methoxy groups -OCH3 is 2. The predicted octanol–water partition coefficient (Wildman–Crippen LogP) is 5.06. The van der Waals surface area contributed by atoms with Gasteiger partial charge in [0.2, 0.25) is 0 Å². The molecule has 7 heteroatoms. The lowest BCUT2D eigenvalue weighted by Gasteiger charge is -2.14. The lowest BCUT2D eigenvalue weighted by atomic mass is 10.2. The normalized spacial score (nSPS) is 10.3. The van der Waals surface area contributed by atoms with Crippen molar-refractivity contribution in [3.63, 3.8) is 0 Å². The number of carbonyl (C=O) groups is 1. The maximum absolute atomic E-state index is 12.6. The van der Waals surface area contributed by atoms with Crippen molar-refractivity contribution in [1.82, 2.24) is 4.98 Å². The number of ether oxygens (including phenoxy) is 2. The van der Waals surface area contributed by atoms with E-state index in [1.807, 2.05) is 25.1 Å². The molecule has 6 nitrogen and oxygen atoms in total. The van der Waals surface area contributed by atoms with Crippen LogP contribution in [-0.4, -0.2) is 25.1 Å². The molecule has 3 rings (SSSR count). The van der Waals surface area contributed by atoms with Crippen LogP contribution in [0, 0.1) is 6.92 Å². The Hall–Kier alpha value is -3.25. The molecule has 0 saturated carbocycles. The number of halogens is 1. The summed E-state index contributed by atoms with van der Waals surface area (Å²) in [7, 11) is 3.13. The maximum Gasteiger partial charge on any atom is 0.257 e. The number of carbonyl (C=O) groups excluding carboxylic acids is 1. The topological polar surface area (TPSA) is 72.5 Å². The number of para-hydroxylation sites is 2. The molecule has 0 radical (unpaired) electrons. The van der Waals surface area contributed by atoms with Gasteiger partial charge in [0.15, 0.2) is 0 Å². The quantitative estimate of drug-likeness (QED) is 0.608. The molecule has 0 unspecified atom stereocenters. The zero-order valence-electron chi connectivity index (χ0n) is 15.7. The average molecular weight is 398 g/mol. The highest BCUT2D eigenvalue weighted by Gasteiger charge is 2.12. The number of hydrogen-bond acceptors (Lipinski definition) is 5. The lowest BCUT2D eigenvalue weighted by Crippen LogP contribution is -2.13. The summed E-state index contributed by atoms with van der Waals surface area (Å²) in [6.45, 7) is 1.91. The van der Waals surface area contributed by atoms with Crippen LogP contribution in [0.15, 0.2) is 54.9 Å². The van der Waals surface area contributed by atoms with Crippen molar-refractivity contribution in [2.45, 2.75) is 6.92 Å². The molecule has 0 saturated heterocycles. The molecule has 28 heavy (non-hydrogen) atoms. The van der Waals surface area contributed by atoms with Gasteiger partial charge in [0, 0.05) is 17.3 Å². The van der Waals surface area contributed by atoms with Crippen molar-refractivity contribution in [2.24, 2.45) is 0 Å². The molecule has 0 aliphatic carbocycles. The summed E-state index contributed by atoms with van der Waals surface area (Å²) in [5, 5.41) is 6.67. The Balaban J connectivity index is 1.83. The summed E-state index contributed by atoms with van der Waals surface area (Å²) < 4.78 is 10.6. The van der Waals surface area contributed by atoms with E-state index in [2.05, 4.69) is 15.6 Å². The number of pyridine rings is 1. The van der Waals surface area contributed by atoms with Crippen molar-refractivity contribution < 1.29 is 14.3 Å². The SMILES string of the molecule is COc1ccccc1NC(=O)c1cncc(Nc2cc(C)c(Cl)cc2OC)c1. The second-order valence-corrected chi connectivity index (χ2v) is 6.45. The van der Waals surface area contributed by atoms with Gasteiger partial charge in [0.25, 0.3) is 5.91 Å². The van der Waals surface area contributed by atoms with E-state index in [-0.39, 0.29) is 5.91 Å². The molecule has 0 bridgehead atoms. The van der Waals surface area contributed by atoms with E-state index in [0.29, 0.717) is 33.5 Å². The van der Waals surface area contributed by atoms with Gasteiger partial charge in [-0.2, -0.15) is 0 Å². The molecular weight excluding hydrogens is 378 g/mol. The van der Waals surface area contributed by atoms with Crippen molar-refractivity contribution in [3.05, 3.63) is 71.0 Å². The number of nitrogens with one attached hydrogen (secondary N) is 2. The minimum atomic E-state index is -0.292. The molecule has 0 fully saturated rings. The van der Waals surface area contributed by atoms with Gasteiger partial charge in [-0.25, -0.2) is 0 Å². The van der Waals surface area contributed by atoms with Crippen LogP contribution in [0.5, 0.6) is 11.5 Å². The lowest BCUT2D eigenvalue weighted by molar-refractivity contribution is 0.102. The summed E-state index contributed by atoms with van der Waals surface area (Å²) >= 11 is 6.15. The first-order valence-electron chi connectivity index (χ1n) is 8.52. The molecular formula is C21H20ClN3O3. The molecule has 2 aromatic carbocycles. The van der Waals surface area contributed by atoms with Gasteiger partial charge in [-0.15, -0.1) is 0 Å². The first kappa shape index (κ1) is 19.5. The first-order valence-corrected chi connectivity index (χ1v) is 8.90. The van der Waals surface area contributed by atoms with E-state index in [1.54, 1.807) is 44.7 Å². The molecule has 1 heterocycles. The fourth-order valence-corrected chi connectivity index (χ4v) is 2.81. The van der Waals surface area contributed by atoms with Crippen LogP contribution in [-0.2, 0) is 0 Å². The van der Waals surface area contributed by atoms with Gasteiger partial charge in [-0.3, -0.25) is 9.78 Å². The summed E-state index contributed by atoms with van der Waals surface area (Å²) in [5.41, 5.74) is 3.27. The molecule has 0 aliphatic heterocycles. The third kappa shape index (κ3) is 4.35. The molecule has 1 amide bonds. The summed E-state index contributed by atoms with van der Waals surface area (Å²) in [6.07, 6.45) is 3.13. The van der Waals surface area contributed by atoms with E-state index < -0.39 is 0 Å². The Morgan fingerprint density at radius 1 is 1.00 bits per heavy atom. The minimum absolute atomic E-state index is 0.292. The zero-order chi connectivity index (χ0) is 20.1. The fraction of sp³-hybridized carbons (Fsp3) is 0.143.